The van der Waals surface area contributed by atoms with Gasteiger partial charge in [-0.3, -0.25) is 15.1 Å². The maximum absolute atomic E-state index is 11.8. The van der Waals surface area contributed by atoms with Crippen molar-refractivity contribution in [3.8, 4) is 0 Å². The van der Waals surface area contributed by atoms with E-state index in [2.05, 4.69) is 30.5 Å². The molecular weight excluding hydrogens is 226 g/mol. The quantitative estimate of drug-likeness (QED) is 0.471. The van der Waals surface area contributed by atoms with Crippen molar-refractivity contribution >= 4 is 5.91 Å². The van der Waals surface area contributed by atoms with Crippen molar-refractivity contribution in [2.24, 2.45) is 11.8 Å². The monoisotopic (exact) mass is 249 g/mol. The zero-order valence-corrected chi connectivity index (χ0v) is 11.6. The molecule has 0 aliphatic rings. The summed E-state index contributed by atoms with van der Waals surface area (Å²) in [4.78, 5) is 13.8. The van der Waals surface area contributed by atoms with Gasteiger partial charge in [-0.05, 0) is 25.5 Å². The van der Waals surface area contributed by atoms with Crippen molar-refractivity contribution in [2.45, 2.75) is 33.4 Å². The summed E-state index contributed by atoms with van der Waals surface area (Å²) < 4.78 is 0. The van der Waals surface area contributed by atoms with Crippen LogP contribution in [0.1, 0.15) is 25.0 Å². The van der Waals surface area contributed by atoms with Gasteiger partial charge in [-0.1, -0.05) is 43.7 Å². The third-order valence-corrected chi connectivity index (χ3v) is 3.03. The van der Waals surface area contributed by atoms with Crippen LogP contribution in [0.4, 0.5) is 0 Å². The SMILES string of the molecule is Cc1cccc(CN(C)C(C(=O)NN)C(C)C)c1. The summed E-state index contributed by atoms with van der Waals surface area (Å²) in [7, 11) is 1.95. The van der Waals surface area contributed by atoms with E-state index in [-0.39, 0.29) is 17.9 Å². The molecule has 0 aliphatic carbocycles. The normalized spacial score (nSPS) is 12.8. The molecule has 18 heavy (non-hydrogen) atoms. The summed E-state index contributed by atoms with van der Waals surface area (Å²) in [5.41, 5.74) is 4.67. The van der Waals surface area contributed by atoms with Crippen LogP contribution in [-0.4, -0.2) is 23.9 Å². The van der Waals surface area contributed by atoms with Crippen LogP contribution in [-0.2, 0) is 11.3 Å². The summed E-state index contributed by atoms with van der Waals surface area (Å²) in [6, 6.07) is 8.09. The lowest BCUT2D eigenvalue weighted by atomic mass is 10.0. The average Bonchev–Trinajstić information content (AvgIpc) is 2.28. The number of nitrogens with zero attached hydrogens (tertiary/aromatic N) is 1. The highest BCUT2D eigenvalue weighted by Gasteiger charge is 2.25. The Morgan fingerprint density at radius 2 is 2.11 bits per heavy atom. The first kappa shape index (κ1) is 14.7. The van der Waals surface area contributed by atoms with Gasteiger partial charge in [0.1, 0.15) is 0 Å². The van der Waals surface area contributed by atoms with Gasteiger partial charge in [0.05, 0.1) is 6.04 Å². The Hall–Kier alpha value is -1.39. The fourth-order valence-electron chi connectivity index (χ4n) is 2.29. The minimum absolute atomic E-state index is 0.139. The fourth-order valence-corrected chi connectivity index (χ4v) is 2.29. The van der Waals surface area contributed by atoms with Gasteiger partial charge in [0.25, 0.3) is 5.91 Å². The minimum atomic E-state index is -0.212. The van der Waals surface area contributed by atoms with Crippen LogP contribution in [0.3, 0.4) is 0 Å². The van der Waals surface area contributed by atoms with E-state index in [1.165, 1.54) is 11.1 Å². The van der Waals surface area contributed by atoms with Crippen LogP contribution in [0.5, 0.6) is 0 Å². The fraction of sp³-hybridized carbons (Fsp3) is 0.500. The van der Waals surface area contributed by atoms with E-state index in [0.29, 0.717) is 0 Å². The molecule has 0 spiro atoms. The molecule has 0 heterocycles. The molecule has 1 rings (SSSR count). The maximum Gasteiger partial charge on any atom is 0.251 e. The highest BCUT2D eigenvalue weighted by atomic mass is 16.2. The number of carbonyl (C=O) groups is 1. The highest BCUT2D eigenvalue weighted by molar-refractivity contribution is 5.81. The summed E-state index contributed by atoms with van der Waals surface area (Å²) in [6.45, 7) is 6.84. The van der Waals surface area contributed by atoms with Crippen LogP contribution in [0.15, 0.2) is 24.3 Å². The first-order chi connectivity index (χ1) is 8.45. The van der Waals surface area contributed by atoms with Gasteiger partial charge in [0.2, 0.25) is 0 Å². The third-order valence-electron chi connectivity index (χ3n) is 3.03. The molecule has 1 unspecified atom stereocenters. The standard InChI is InChI=1S/C14H23N3O/c1-10(2)13(14(18)16-15)17(4)9-12-7-5-6-11(3)8-12/h5-8,10,13H,9,15H2,1-4H3,(H,16,18). The van der Waals surface area contributed by atoms with Gasteiger partial charge in [-0.2, -0.15) is 0 Å². The van der Waals surface area contributed by atoms with Crippen molar-refractivity contribution in [3.05, 3.63) is 35.4 Å². The number of aryl methyl sites for hydroxylation is 1. The number of benzene rings is 1. The molecule has 1 amide bonds. The lowest BCUT2D eigenvalue weighted by molar-refractivity contribution is -0.127. The smallest absolute Gasteiger partial charge is 0.251 e. The zero-order chi connectivity index (χ0) is 13.7. The number of rotatable bonds is 5. The van der Waals surface area contributed by atoms with E-state index in [4.69, 9.17) is 5.84 Å². The summed E-state index contributed by atoms with van der Waals surface area (Å²) >= 11 is 0. The summed E-state index contributed by atoms with van der Waals surface area (Å²) in [5, 5.41) is 0. The van der Waals surface area contributed by atoms with Crippen molar-refractivity contribution < 1.29 is 4.79 Å². The first-order valence-electron chi connectivity index (χ1n) is 6.22. The highest BCUT2D eigenvalue weighted by Crippen LogP contribution is 2.14. The summed E-state index contributed by atoms with van der Waals surface area (Å²) in [5.74, 6) is 5.31. The topological polar surface area (TPSA) is 58.4 Å². The van der Waals surface area contributed by atoms with Crippen LogP contribution in [0.25, 0.3) is 0 Å². The van der Waals surface area contributed by atoms with E-state index in [0.717, 1.165) is 6.54 Å². The van der Waals surface area contributed by atoms with E-state index in [9.17, 15) is 4.79 Å². The molecule has 1 aromatic rings. The largest absolute Gasteiger partial charge is 0.293 e. The molecule has 0 aromatic heterocycles. The molecule has 100 valence electrons. The van der Waals surface area contributed by atoms with E-state index >= 15 is 0 Å². The maximum atomic E-state index is 11.8. The van der Waals surface area contributed by atoms with Gasteiger partial charge >= 0.3 is 0 Å². The number of nitrogens with one attached hydrogen (secondary N) is 1. The number of hydrazine groups is 1. The van der Waals surface area contributed by atoms with Gasteiger partial charge in [-0.25, -0.2) is 5.84 Å². The molecule has 4 nitrogen and oxygen atoms in total. The molecular formula is C14H23N3O. The number of hydrogen-bond acceptors (Lipinski definition) is 3. The Morgan fingerprint density at radius 1 is 1.44 bits per heavy atom. The minimum Gasteiger partial charge on any atom is -0.293 e. The number of carbonyl (C=O) groups excluding carboxylic acids is 1. The molecule has 0 saturated heterocycles. The zero-order valence-electron chi connectivity index (χ0n) is 11.6. The van der Waals surface area contributed by atoms with Gasteiger partial charge < -0.3 is 0 Å². The molecule has 0 radical (unpaired) electrons. The second kappa shape index (κ2) is 6.52. The summed E-state index contributed by atoms with van der Waals surface area (Å²) in [6.07, 6.45) is 0. The molecule has 0 saturated carbocycles. The predicted octanol–water partition coefficient (Wildman–Crippen LogP) is 1.44. The van der Waals surface area contributed by atoms with E-state index in [1.54, 1.807) is 0 Å². The number of amides is 1. The van der Waals surface area contributed by atoms with Gasteiger partial charge in [-0.15, -0.1) is 0 Å². The Labute approximate surface area is 109 Å². The number of nitrogens with two attached hydrogens (primary N) is 1. The van der Waals surface area contributed by atoms with Crippen molar-refractivity contribution in [3.63, 3.8) is 0 Å². The predicted molar refractivity (Wildman–Crippen MR) is 73.6 cm³/mol. The van der Waals surface area contributed by atoms with Crippen LogP contribution in [0, 0.1) is 12.8 Å². The molecule has 0 aliphatic heterocycles. The van der Waals surface area contributed by atoms with Gasteiger partial charge in [0, 0.05) is 6.54 Å². The lowest BCUT2D eigenvalue weighted by Gasteiger charge is -2.29. The van der Waals surface area contributed by atoms with Gasteiger partial charge in [0.15, 0.2) is 0 Å². The molecule has 0 bridgehead atoms. The molecule has 1 atom stereocenters. The molecule has 4 heteroatoms. The van der Waals surface area contributed by atoms with Crippen LogP contribution in [0.2, 0.25) is 0 Å². The Kier molecular flexibility index (Phi) is 5.31. The molecule has 0 fully saturated rings. The first-order valence-corrected chi connectivity index (χ1v) is 6.22. The lowest BCUT2D eigenvalue weighted by Crippen LogP contribution is -2.50. The second-order valence-corrected chi connectivity index (χ2v) is 5.10. The average molecular weight is 249 g/mol. The van der Waals surface area contributed by atoms with E-state index in [1.807, 2.05) is 31.9 Å². The molecule has 1 aromatic carbocycles. The Balaban J connectivity index is 2.78. The van der Waals surface area contributed by atoms with Crippen LogP contribution >= 0.6 is 0 Å². The number of likely N-dealkylation sites (N-methyl/N-ethyl adjacent to an activating group) is 1. The Morgan fingerprint density at radius 3 is 2.61 bits per heavy atom. The van der Waals surface area contributed by atoms with Crippen molar-refractivity contribution in [2.75, 3.05) is 7.05 Å². The number of hydrogen-bond donors (Lipinski definition) is 2. The Bertz CT molecular complexity index is 404. The van der Waals surface area contributed by atoms with Crippen LogP contribution < -0.4 is 11.3 Å². The van der Waals surface area contributed by atoms with Crippen molar-refractivity contribution in [1.82, 2.24) is 10.3 Å². The second-order valence-electron chi connectivity index (χ2n) is 5.10. The third kappa shape index (κ3) is 3.82. The van der Waals surface area contributed by atoms with Crippen molar-refractivity contribution in [1.29, 1.82) is 0 Å². The molecule has 3 N–H and O–H groups in total. The van der Waals surface area contributed by atoms with E-state index < -0.39 is 0 Å².